The zero-order valence-electron chi connectivity index (χ0n) is 19.3. The molecule has 0 radical (unpaired) electrons. The molecule has 0 saturated carbocycles. The fourth-order valence-electron chi connectivity index (χ4n) is 3.29. The van der Waals surface area contributed by atoms with Crippen LogP contribution in [-0.4, -0.2) is 26.8 Å². The predicted molar refractivity (Wildman–Crippen MR) is 144 cm³/mol. The molecule has 2 amide bonds. The van der Waals surface area contributed by atoms with Crippen LogP contribution in [0.2, 0.25) is 5.02 Å². The average molecular weight is 536 g/mol. The second kappa shape index (κ2) is 11.6. The van der Waals surface area contributed by atoms with E-state index in [1.165, 1.54) is 30.3 Å². The lowest BCUT2D eigenvalue weighted by Gasteiger charge is -2.11. The maximum absolute atomic E-state index is 12.6. The third kappa shape index (κ3) is 7.33. The zero-order valence-corrected chi connectivity index (χ0v) is 20.9. The van der Waals surface area contributed by atoms with E-state index in [2.05, 4.69) is 15.4 Å². The Bertz CT molecular complexity index is 1510. The molecule has 0 aromatic heterocycles. The fourth-order valence-corrected chi connectivity index (χ4v) is 4.53. The molecule has 0 atom stereocenters. The van der Waals surface area contributed by atoms with E-state index in [4.69, 9.17) is 16.3 Å². The van der Waals surface area contributed by atoms with Crippen molar-refractivity contribution in [1.82, 2.24) is 0 Å². The largest absolute Gasteiger partial charge is 0.484 e. The van der Waals surface area contributed by atoms with Crippen molar-refractivity contribution in [2.75, 3.05) is 22.0 Å². The zero-order chi connectivity index (χ0) is 26.3. The number of halogens is 1. The molecule has 0 spiro atoms. The molecule has 4 aromatic rings. The Morgan fingerprint density at radius 1 is 0.730 bits per heavy atom. The van der Waals surface area contributed by atoms with Crippen LogP contribution >= 0.6 is 11.6 Å². The number of benzene rings is 4. The first-order valence-electron chi connectivity index (χ1n) is 11.1. The van der Waals surface area contributed by atoms with Crippen LogP contribution in [0.5, 0.6) is 5.75 Å². The summed E-state index contributed by atoms with van der Waals surface area (Å²) >= 11 is 5.90. The number of anilines is 3. The molecule has 4 rings (SSSR count). The number of sulfonamides is 1. The molecule has 188 valence electrons. The Kier molecular flexibility index (Phi) is 8.07. The maximum atomic E-state index is 12.6. The van der Waals surface area contributed by atoms with E-state index in [1.807, 2.05) is 6.07 Å². The van der Waals surface area contributed by atoms with Crippen LogP contribution in [0.15, 0.2) is 108 Å². The fraction of sp³-hybridized carbons (Fsp3) is 0.0370. The molecule has 0 unspecified atom stereocenters. The van der Waals surface area contributed by atoms with Crippen LogP contribution in [0.4, 0.5) is 17.1 Å². The number of carbonyl (C=O) groups excluding carboxylic acids is 2. The van der Waals surface area contributed by atoms with Crippen molar-refractivity contribution in [3.63, 3.8) is 0 Å². The Balaban J connectivity index is 1.30. The summed E-state index contributed by atoms with van der Waals surface area (Å²) in [6.45, 7) is -0.285. The minimum absolute atomic E-state index is 0.0242. The summed E-state index contributed by atoms with van der Waals surface area (Å²) in [4.78, 5) is 24.7. The van der Waals surface area contributed by atoms with Gasteiger partial charge in [-0.25, -0.2) is 8.42 Å². The van der Waals surface area contributed by atoms with E-state index in [-0.39, 0.29) is 17.4 Å². The van der Waals surface area contributed by atoms with Gasteiger partial charge in [0.05, 0.1) is 10.6 Å². The van der Waals surface area contributed by atoms with Gasteiger partial charge in [-0.2, -0.15) is 0 Å². The summed E-state index contributed by atoms with van der Waals surface area (Å²) in [7, 11) is -3.83. The SMILES string of the molecule is O=C(COc1cccc(NC(=O)c2ccccc2)c1)Nc1ccc(S(=O)(=O)Nc2cccc(Cl)c2)cc1. The molecule has 0 aliphatic rings. The first-order valence-corrected chi connectivity index (χ1v) is 12.9. The van der Waals surface area contributed by atoms with Gasteiger partial charge < -0.3 is 15.4 Å². The van der Waals surface area contributed by atoms with Gasteiger partial charge in [0, 0.05) is 28.0 Å². The molecule has 10 heteroatoms. The van der Waals surface area contributed by atoms with Gasteiger partial charge in [-0.05, 0) is 66.7 Å². The molecule has 37 heavy (non-hydrogen) atoms. The predicted octanol–water partition coefficient (Wildman–Crippen LogP) is 5.41. The Morgan fingerprint density at radius 3 is 2.16 bits per heavy atom. The van der Waals surface area contributed by atoms with E-state index in [9.17, 15) is 18.0 Å². The van der Waals surface area contributed by atoms with Crippen molar-refractivity contribution in [1.29, 1.82) is 0 Å². The quantitative estimate of drug-likeness (QED) is 0.265. The van der Waals surface area contributed by atoms with Gasteiger partial charge in [-0.3, -0.25) is 14.3 Å². The van der Waals surface area contributed by atoms with E-state index in [1.54, 1.807) is 66.7 Å². The molecule has 0 heterocycles. The number of rotatable bonds is 9. The molecule has 0 bridgehead atoms. The van der Waals surface area contributed by atoms with Crippen LogP contribution in [0.25, 0.3) is 0 Å². The van der Waals surface area contributed by atoms with Crippen LogP contribution in [-0.2, 0) is 14.8 Å². The minimum Gasteiger partial charge on any atom is -0.484 e. The van der Waals surface area contributed by atoms with Gasteiger partial charge in [-0.1, -0.05) is 41.9 Å². The highest BCUT2D eigenvalue weighted by Gasteiger charge is 2.15. The van der Waals surface area contributed by atoms with Crippen LogP contribution in [0.1, 0.15) is 10.4 Å². The summed E-state index contributed by atoms with van der Waals surface area (Å²) in [6, 6.07) is 27.5. The highest BCUT2D eigenvalue weighted by Crippen LogP contribution is 2.21. The lowest BCUT2D eigenvalue weighted by Crippen LogP contribution is -2.20. The average Bonchev–Trinajstić information content (AvgIpc) is 2.88. The monoisotopic (exact) mass is 535 g/mol. The summed E-state index contributed by atoms with van der Waals surface area (Å²) in [5.41, 5.74) is 1.78. The van der Waals surface area contributed by atoms with Gasteiger partial charge in [0.1, 0.15) is 5.75 Å². The molecule has 0 saturated heterocycles. The number of carbonyl (C=O) groups is 2. The van der Waals surface area contributed by atoms with E-state index < -0.39 is 15.9 Å². The molecule has 0 aliphatic heterocycles. The number of hydrogen-bond donors (Lipinski definition) is 3. The normalized spacial score (nSPS) is 10.8. The Morgan fingerprint density at radius 2 is 1.43 bits per heavy atom. The molecule has 0 fully saturated rings. The van der Waals surface area contributed by atoms with Crippen LogP contribution in [0.3, 0.4) is 0 Å². The summed E-state index contributed by atoms with van der Waals surface area (Å²) < 4.78 is 33.2. The van der Waals surface area contributed by atoms with E-state index >= 15 is 0 Å². The van der Waals surface area contributed by atoms with Gasteiger partial charge in [0.25, 0.3) is 21.8 Å². The summed E-state index contributed by atoms with van der Waals surface area (Å²) in [5.74, 6) is -0.301. The highest BCUT2D eigenvalue weighted by atomic mass is 35.5. The van der Waals surface area contributed by atoms with Gasteiger partial charge in [-0.15, -0.1) is 0 Å². The lowest BCUT2D eigenvalue weighted by atomic mass is 10.2. The molecule has 4 aromatic carbocycles. The van der Waals surface area contributed by atoms with Crippen LogP contribution in [0, 0.1) is 0 Å². The second-order valence-electron chi connectivity index (χ2n) is 7.83. The Hall–Kier alpha value is -4.34. The van der Waals surface area contributed by atoms with Crippen molar-refractivity contribution in [2.24, 2.45) is 0 Å². The smallest absolute Gasteiger partial charge is 0.262 e. The van der Waals surface area contributed by atoms with Gasteiger partial charge in [0.15, 0.2) is 6.61 Å². The molecule has 0 aliphatic carbocycles. The molecule has 3 N–H and O–H groups in total. The number of ether oxygens (including phenoxy) is 1. The Labute approximate surface area is 219 Å². The molecular formula is C27H22ClN3O5S. The third-order valence-corrected chi connectivity index (χ3v) is 6.66. The van der Waals surface area contributed by atoms with Crippen molar-refractivity contribution >= 4 is 50.5 Å². The highest BCUT2D eigenvalue weighted by molar-refractivity contribution is 7.92. The lowest BCUT2D eigenvalue weighted by molar-refractivity contribution is -0.118. The first kappa shape index (κ1) is 25.7. The number of amides is 2. The first-order chi connectivity index (χ1) is 17.8. The van der Waals surface area contributed by atoms with Crippen molar-refractivity contribution in [3.05, 3.63) is 114 Å². The van der Waals surface area contributed by atoms with Crippen LogP contribution < -0.4 is 20.1 Å². The van der Waals surface area contributed by atoms with E-state index in [0.717, 1.165) is 0 Å². The third-order valence-electron chi connectivity index (χ3n) is 5.02. The van der Waals surface area contributed by atoms with Crippen molar-refractivity contribution in [2.45, 2.75) is 4.90 Å². The van der Waals surface area contributed by atoms with Crippen molar-refractivity contribution in [3.8, 4) is 5.75 Å². The van der Waals surface area contributed by atoms with Gasteiger partial charge in [0.2, 0.25) is 0 Å². The topological polar surface area (TPSA) is 114 Å². The number of nitrogens with one attached hydrogen (secondary N) is 3. The standard InChI is InChI=1S/C27H22ClN3O5S/c28-20-8-4-10-23(16-20)31-37(34,35)25-14-12-21(13-15-25)29-26(32)18-36-24-11-5-9-22(17-24)30-27(33)19-6-2-1-3-7-19/h1-17,31H,18H2,(H,29,32)(H,30,33). The maximum Gasteiger partial charge on any atom is 0.262 e. The molecular weight excluding hydrogens is 514 g/mol. The van der Waals surface area contributed by atoms with E-state index in [0.29, 0.717) is 33.4 Å². The molecule has 8 nitrogen and oxygen atoms in total. The summed E-state index contributed by atoms with van der Waals surface area (Å²) in [6.07, 6.45) is 0. The second-order valence-corrected chi connectivity index (χ2v) is 9.94. The summed E-state index contributed by atoms with van der Waals surface area (Å²) in [5, 5.41) is 5.84. The number of hydrogen-bond acceptors (Lipinski definition) is 5. The van der Waals surface area contributed by atoms with Crippen molar-refractivity contribution < 1.29 is 22.7 Å². The van der Waals surface area contributed by atoms with Gasteiger partial charge >= 0.3 is 0 Å². The minimum atomic E-state index is -3.83.